The Kier molecular flexibility index (Phi) is 6.11. The normalized spacial score (nSPS) is 13.0. The van der Waals surface area contributed by atoms with Crippen LogP contribution < -0.4 is 5.32 Å². The fraction of sp³-hybridized carbons (Fsp3) is 0.227. The summed E-state index contributed by atoms with van der Waals surface area (Å²) in [5, 5.41) is 14.6. The Morgan fingerprint density at radius 3 is 2.84 bits per heavy atom. The number of nitrogens with zero attached hydrogens (tertiary/aromatic N) is 4. The zero-order valence-corrected chi connectivity index (χ0v) is 19.9. The largest absolute Gasteiger partial charge is 0.316 e. The van der Waals surface area contributed by atoms with E-state index >= 15 is 0 Å². The molecule has 5 rings (SSSR count). The van der Waals surface area contributed by atoms with E-state index in [2.05, 4.69) is 25.7 Å². The minimum absolute atomic E-state index is 0.153. The van der Waals surface area contributed by atoms with Crippen LogP contribution in [0.2, 0.25) is 5.02 Å². The first-order chi connectivity index (χ1) is 15.6. The van der Waals surface area contributed by atoms with Crippen LogP contribution in [0.4, 0.5) is 5.00 Å². The van der Waals surface area contributed by atoms with Crippen molar-refractivity contribution in [3.8, 4) is 17.3 Å². The Hall–Kier alpha value is -2.51. The van der Waals surface area contributed by atoms with E-state index in [1.807, 2.05) is 24.3 Å². The molecule has 0 atom stereocenters. The van der Waals surface area contributed by atoms with Gasteiger partial charge >= 0.3 is 0 Å². The van der Waals surface area contributed by atoms with Gasteiger partial charge in [0.05, 0.1) is 11.3 Å². The van der Waals surface area contributed by atoms with E-state index < -0.39 is 0 Å². The number of aromatic nitrogens is 3. The number of thioether (sulfide) groups is 1. The summed E-state index contributed by atoms with van der Waals surface area (Å²) < 4.78 is 5.41. The second-order valence-corrected chi connectivity index (χ2v) is 10.5. The number of anilines is 1. The second-order valence-electron chi connectivity index (χ2n) is 7.26. The molecular formula is C22H16ClN5OS3. The predicted octanol–water partition coefficient (Wildman–Crippen LogP) is 5.95. The Morgan fingerprint density at radius 1 is 1.22 bits per heavy atom. The highest BCUT2D eigenvalue weighted by Gasteiger charge is 2.22. The SMILES string of the molecule is N#Cc1c(NC(=O)CSc2ncnc3c(-c4ccc(Cl)cc4)nsc23)sc2c1CCCC2. The molecule has 32 heavy (non-hydrogen) atoms. The molecule has 1 aromatic carbocycles. The minimum Gasteiger partial charge on any atom is -0.316 e. The van der Waals surface area contributed by atoms with Gasteiger partial charge in [-0.2, -0.15) is 9.64 Å². The van der Waals surface area contributed by atoms with E-state index in [0.29, 0.717) is 20.6 Å². The molecule has 0 saturated carbocycles. The third kappa shape index (κ3) is 4.11. The van der Waals surface area contributed by atoms with Gasteiger partial charge in [-0.05, 0) is 54.9 Å². The van der Waals surface area contributed by atoms with Crippen molar-refractivity contribution in [3.63, 3.8) is 0 Å². The lowest BCUT2D eigenvalue weighted by molar-refractivity contribution is -0.113. The van der Waals surface area contributed by atoms with Gasteiger partial charge < -0.3 is 5.32 Å². The molecule has 4 aromatic rings. The van der Waals surface area contributed by atoms with E-state index in [0.717, 1.165) is 52.7 Å². The lowest BCUT2D eigenvalue weighted by Crippen LogP contribution is -2.14. The summed E-state index contributed by atoms with van der Waals surface area (Å²) in [6.07, 6.45) is 5.63. The summed E-state index contributed by atoms with van der Waals surface area (Å²) in [5.74, 6) is 0.0348. The highest BCUT2D eigenvalue weighted by molar-refractivity contribution is 8.00. The van der Waals surface area contributed by atoms with Crippen molar-refractivity contribution in [1.29, 1.82) is 5.26 Å². The number of carbonyl (C=O) groups is 1. The molecule has 10 heteroatoms. The van der Waals surface area contributed by atoms with E-state index in [-0.39, 0.29) is 11.7 Å². The molecule has 0 aliphatic heterocycles. The van der Waals surface area contributed by atoms with Gasteiger partial charge in [-0.15, -0.1) is 11.3 Å². The van der Waals surface area contributed by atoms with Crippen LogP contribution in [-0.4, -0.2) is 26.0 Å². The molecule has 0 unspecified atom stereocenters. The Bertz CT molecular complexity index is 1360. The monoisotopic (exact) mass is 497 g/mol. The summed E-state index contributed by atoms with van der Waals surface area (Å²) in [4.78, 5) is 22.7. The number of aryl methyl sites for hydroxylation is 1. The van der Waals surface area contributed by atoms with Crippen LogP contribution in [0, 0.1) is 11.3 Å². The number of hydrogen-bond donors (Lipinski definition) is 1. The highest BCUT2D eigenvalue weighted by atomic mass is 35.5. The zero-order valence-electron chi connectivity index (χ0n) is 16.7. The molecular weight excluding hydrogens is 482 g/mol. The van der Waals surface area contributed by atoms with Crippen molar-refractivity contribution in [3.05, 3.63) is 51.6 Å². The van der Waals surface area contributed by atoms with E-state index in [1.165, 1.54) is 45.8 Å². The van der Waals surface area contributed by atoms with Crippen LogP contribution in [0.3, 0.4) is 0 Å². The van der Waals surface area contributed by atoms with Gasteiger partial charge in [-0.1, -0.05) is 35.5 Å². The van der Waals surface area contributed by atoms with Crippen molar-refractivity contribution in [2.24, 2.45) is 0 Å². The van der Waals surface area contributed by atoms with Crippen LogP contribution in [0.5, 0.6) is 0 Å². The lowest BCUT2D eigenvalue weighted by atomic mass is 9.96. The van der Waals surface area contributed by atoms with E-state index in [1.54, 1.807) is 0 Å². The van der Waals surface area contributed by atoms with Crippen molar-refractivity contribution >= 4 is 67.4 Å². The fourth-order valence-corrected chi connectivity index (χ4v) is 6.81. The number of nitrogens with one attached hydrogen (secondary N) is 1. The first kappa shape index (κ1) is 21.3. The molecule has 6 nitrogen and oxygen atoms in total. The Labute approximate surface area is 201 Å². The molecule has 1 amide bonds. The summed E-state index contributed by atoms with van der Waals surface area (Å²) in [6.45, 7) is 0. The number of amides is 1. The van der Waals surface area contributed by atoms with Crippen molar-refractivity contribution < 1.29 is 4.79 Å². The third-order valence-corrected chi connectivity index (χ3v) is 8.64. The summed E-state index contributed by atoms with van der Waals surface area (Å²) in [5.41, 5.74) is 4.20. The number of halogens is 1. The van der Waals surface area contributed by atoms with Crippen molar-refractivity contribution in [2.45, 2.75) is 30.7 Å². The zero-order chi connectivity index (χ0) is 22.1. The quantitative estimate of drug-likeness (QED) is 0.270. The molecule has 160 valence electrons. The van der Waals surface area contributed by atoms with E-state index in [4.69, 9.17) is 11.6 Å². The molecule has 1 aliphatic carbocycles. The van der Waals surface area contributed by atoms with Crippen LogP contribution in [0.1, 0.15) is 28.8 Å². The van der Waals surface area contributed by atoms with Gasteiger partial charge in [-0.3, -0.25) is 4.79 Å². The predicted molar refractivity (Wildman–Crippen MR) is 131 cm³/mol. The number of benzene rings is 1. The maximum absolute atomic E-state index is 12.7. The average molecular weight is 498 g/mol. The highest BCUT2D eigenvalue weighted by Crippen LogP contribution is 2.38. The molecule has 0 fully saturated rings. The number of carbonyl (C=O) groups excluding carboxylic acids is 1. The van der Waals surface area contributed by atoms with Gasteiger partial charge in [0.2, 0.25) is 5.91 Å². The molecule has 3 aromatic heterocycles. The van der Waals surface area contributed by atoms with Crippen LogP contribution in [0.15, 0.2) is 35.6 Å². The molecule has 0 bridgehead atoms. The number of rotatable bonds is 5. The molecule has 0 saturated heterocycles. The molecule has 0 spiro atoms. The molecule has 3 heterocycles. The maximum atomic E-state index is 12.7. The van der Waals surface area contributed by atoms with Crippen molar-refractivity contribution in [2.75, 3.05) is 11.1 Å². The van der Waals surface area contributed by atoms with Gasteiger partial charge in [-0.25, -0.2) is 9.97 Å². The maximum Gasteiger partial charge on any atom is 0.235 e. The number of hydrogen-bond acceptors (Lipinski definition) is 8. The number of thiophene rings is 1. The molecule has 0 radical (unpaired) electrons. The lowest BCUT2D eigenvalue weighted by Gasteiger charge is -2.09. The Balaban J connectivity index is 1.33. The van der Waals surface area contributed by atoms with Crippen molar-refractivity contribution in [1.82, 2.24) is 14.3 Å². The van der Waals surface area contributed by atoms with Crippen LogP contribution >= 0.6 is 46.2 Å². The smallest absolute Gasteiger partial charge is 0.235 e. The van der Waals surface area contributed by atoms with Crippen LogP contribution in [0.25, 0.3) is 21.5 Å². The minimum atomic E-state index is -0.153. The Morgan fingerprint density at radius 2 is 2.03 bits per heavy atom. The van der Waals surface area contributed by atoms with Gasteiger partial charge in [0.15, 0.2) is 0 Å². The summed E-state index contributed by atoms with van der Waals surface area (Å²) in [7, 11) is 0. The fourth-order valence-electron chi connectivity index (χ4n) is 3.71. The van der Waals surface area contributed by atoms with Gasteiger partial charge in [0.25, 0.3) is 0 Å². The topological polar surface area (TPSA) is 91.6 Å². The third-order valence-electron chi connectivity index (χ3n) is 5.22. The standard InChI is InChI=1S/C22H16ClN5OS3/c23-13-7-5-12(6-8-13)18-19-20(32-28-18)22(26-11-25-19)30-10-17(29)27-21-15(9-24)14-3-1-2-4-16(14)31-21/h5-8,11H,1-4,10H2,(H,27,29). The van der Waals surface area contributed by atoms with Crippen LogP contribution in [-0.2, 0) is 17.6 Å². The average Bonchev–Trinajstić information content (AvgIpc) is 3.39. The number of nitriles is 1. The summed E-state index contributed by atoms with van der Waals surface area (Å²) >= 11 is 10.2. The molecule has 1 aliphatic rings. The molecule has 1 N–H and O–H groups in total. The summed E-state index contributed by atoms with van der Waals surface area (Å²) in [6, 6.07) is 9.74. The number of fused-ring (bicyclic) bond motifs is 2. The first-order valence-corrected chi connectivity index (χ1v) is 12.9. The first-order valence-electron chi connectivity index (χ1n) is 9.97. The van der Waals surface area contributed by atoms with E-state index in [9.17, 15) is 10.1 Å². The van der Waals surface area contributed by atoms with Gasteiger partial charge in [0.1, 0.15) is 38.3 Å². The van der Waals surface area contributed by atoms with Gasteiger partial charge in [0, 0.05) is 15.5 Å². The second kappa shape index (κ2) is 9.16.